The number of benzene rings is 1. The van der Waals surface area contributed by atoms with Gasteiger partial charge >= 0.3 is 0 Å². The van der Waals surface area contributed by atoms with Crippen molar-refractivity contribution in [3.63, 3.8) is 0 Å². The summed E-state index contributed by atoms with van der Waals surface area (Å²) in [5, 5.41) is 0. The van der Waals surface area contributed by atoms with E-state index in [1.165, 1.54) is 43.2 Å². The molecule has 0 bridgehead atoms. The molecule has 0 aromatic heterocycles. The van der Waals surface area contributed by atoms with Crippen molar-refractivity contribution < 1.29 is 9.47 Å². The van der Waals surface area contributed by atoms with E-state index >= 15 is 0 Å². The molecular formula is C21H26O2. The van der Waals surface area contributed by atoms with Crippen LogP contribution in [0.2, 0.25) is 0 Å². The maximum Gasteiger partial charge on any atom is 0.122 e. The third kappa shape index (κ3) is 3.08. The molecule has 0 N–H and O–H groups in total. The summed E-state index contributed by atoms with van der Waals surface area (Å²) in [6.07, 6.45) is 16.0. The fraction of sp³-hybridized carbons (Fsp3) is 0.429. The van der Waals surface area contributed by atoms with E-state index in [0.29, 0.717) is 0 Å². The van der Waals surface area contributed by atoms with Gasteiger partial charge in [0.15, 0.2) is 0 Å². The van der Waals surface area contributed by atoms with Crippen LogP contribution in [0.4, 0.5) is 0 Å². The Morgan fingerprint density at radius 2 is 1.65 bits per heavy atom. The minimum atomic E-state index is 0.0678. The summed E-state index contributed by atoms with van der Waals surface area (Å²) in [5.41, 5.74) is 2.81. The smallest absolute Gasteiger partial charge is 0.122 e. The van der Waals surface area contributed by atoms with Gasteiger partial charge in [0.2, 0.25) is 0 Å². The van der Waals surface area contributed by atoms with Gasteiger partial charge in [0, 0.05) is 11.0 Å². The number of ether oxygens (including phenoxy) is 2. The molecule has 0 radical (unpaired) electrons. The molecule has 0 unspecified atom stereocenters. The van der Waals surface area contributed by atoms with Crippen molar-refractivity contribution in [2.75, 3.05) is 14.2 Å². The zero-order valence-electron chi connectivity index (χ0n) is 14.2. The fourth-order valence-corrected chi connectivity index (χ4v) is 4.03. The number of hydrogen-bond donors (Lipinski definition) is 0. The number of rotatable bonds is 4. The topological polar surface area (TPSA) is 18.5 Å². The highest BCUT2D eigenvalue weighted by atomic mass is 16.5. The van der Waals surface area contributed by atoms with Gasteiger partial charge in [-0.05, 0) is 43.1 Å². The Morgan fingerprint density at radius 3 is 2.39 bits per heavy atom. The maximum atomic E-state index is 5.70. The molecule has 2 aliphatic carbocycles. The summed E-state index contributed by atoms with van der Waals surface area (Å²) in [4.78, 5) is 0. The highest BCUT2D eigenvalue weighted by Crippen LogP contribution is 2.49. The van der Waals surface area contributed by atoms with E-state index in [9.17, 15) is 0 Å². The van der Waals surface area contributed by atoms with Crippen LogP contribution < -0.4 is 4.74 Å². The monoisotopic (exact) mass is 310 g/mol. The fourth-order valence-electron chi connectivity index (χ4n) is 4.03. The Morgan fingerprint density at radius 1 is 0.870 bits per heavy atom. The Kier molecular flexibility index (Phi) is 4.90. The van der Waals surface area contributed by atoms with Crippen LogP contribution in [0.1, 0.15) is 44.1 Å². The second-order valence-electron chi connectivity index (χ2n) is 6.38. The molecule has 1 aromatic carbocycles. The van der Waals surface area contributed by atoms with Crippen LogP contribution >= 0.6 is 0 Å². The molecule has 1 saturated carbocycles. The predicted molar refractivity (Wildman–Crippen MR) is 94.7 cm³/mol. The first kappa shape index (κ1) is 15.9. The van der Waals surface area contributed by atoms with E-state index in [4.69, 9.17) is 9.47 Å². The average Bonchev–Trinajstić information content (AvgIpc) is 2.88. The molecule has 0 heterocycles. The van der Waals surface area contributed by atoms with E-state index in [-0.39, 0.29) is 5.41 Å². The highest BCUT2D eigenvalue weighted by molar-refractivity contribution is 5.50. The third-order valence-corrected chi connectivity index (χ3v) is 5.20. The number of allylic oxidation sites excluding steroid dienone is 5. The van der Waals surface area contributed by atoms with Crippen LogP contribution in [0.25, 0.3) is 0 Å². The van der Waals surface area contributed by atoms with Gasteiger partial charge in [0.25, 0.3) is 0 Å². The maximum absolute atomic E-state index is 5.70. The summed E-state index contributed by atoms with van der Waals surface area (Å²) in [6, 6.07) is 8.52. The van der Waals surface area contributed by atoms with Crippen molar-refractivity contribution in [1.82, 2.24) is 0 Å². The quantitative estimate of drug-likeness (QED) is 0.750. The zero-order valence-corrected chi connectivity index (χ0v) is 14.2. The van der Waals surface area contributed by atoms with E-state index in [1.54, 1.807) is 14.2 Å². The number of hydrogen-bond acceptors (Lipinski definition) is 2. The van der Waals surface area contributed by atoms with Crippen LogP contribution in [0, 0.1) is 0 Å². The van der Waals surface area contributed by atoms with Gasteiger partial charge in [-0.2, -0.15) is 0 Å². The molecule has 23 heavy (non-hydrogen) atoms. The van der Waals surface area contributed by atoms with Crippen molar-refractivity contribution >= 4 is 0 Å². The molecule has 0 aliphatic heterocycles. The Hall–Kier alpha value is -1.96. The summed E-state index contributed by atoms with van der Waals surface area (Å²) in [7, 11) is 3.51. The summed E-state index contributed by atoms with van der Waals surface area (Å²) >= 11 is 0. The summed E-state index contributed by atoms with van der Waals surface area (Å²) in [5.74, 6) is 1.95. The minimum absolute atomic E-state index is 0.0678. The lowest BCUT2D eigenvalue weighted by Gasteiger charge is -2.40. The summed E-state index contributed by atoms with van der Waals surface area (Å²) < 4.78 is 11.1. The van der Waals surface area contributed by atoms with Gasteiger partial charge < -0.3 is 9.47 Å². The highest BCUT2D eigenvalue weighted by Gasteiger charge is 2.38. The van der Waals surface area contributed by atoms with Gasteiger partial charge in [-0.25, -0.2) is 0 Å². The Bertz CT molecular complexity index is 631. The average molecular weight is 310 g/mol. The predicted octanol–water partition coefficient (Wildman–Crippen LogP) is 5.31. The zero-order chi connectivity index (χ0) is 16.1. The molecule has 2 aliphatic rings. The lowest BCUT2D eigenvalue weighted by Crippen LogP contribution is -2.31. The molecular weight excluding hydrogens is 284 g/mol. The standard InChI is InChI=1S/C21H26O2/c1-22-18-10-8-9-17(13-14-18)21(15-6-3-7-16-21)19-11-4-5-12-20(19)23-2/h4-5,9-14H,3,6-8,15-16H2,1-2H3. The normalized spacial score (nSPS) is 20.3. The van der Waals surface area contributed by atoms with Crippen molar-refractivity contribution in [2.45, 2.75) is 43.9 Å². The van der Waals surface area contributed by atoms with E-state index in [0.717, 1.165) is 17.9 Å². The van der Waals surface area contributed by atoms with Crippen LogP contribution in [0.15, 0.2) is 59.9 Å². The van der Waals surface area contributed by atoms with Gasteiger partial charge in [-0.3, -0.25) is 0 Å². The molecule has 122 valence electrons. The largest absolute Gasteiger partial charge is 0.497 e. The van der Waals surface area contributed by atoms with Gasteiger partial charge in [-0.1, -0.05) is 49.6 Å². The molecule has 2 nitrogen and oxygen atoms in total. The van der Waals surface area contributed by atoms with Crippen LogP contribution in [0.5, 0.6) is 5.75 Å². The SMILES string of the molecule is COC1=CCC=C(C2(c3ccccc3OC)CCCCC2)C=C1. The van der Waals surface area contributed by atoms with Crippen LogP contribution in [-0.4, -0.2) is 14.2 Å². The molecule has 0 spiro atoms. The minimum Gasteiger partial charge on any atom is -0.497 e. The molecule has 1 fully saturated rings. The first-order valence-electron chi connectivity index (χ1n) is 8.56. The summed E-state index contributed by atoms with van der Waals surface area (Å²) in [6.45, 7) is 0. The lowest BCUT2D eigenvalue weighted by molar-refractivity contribution is 0.305. The number of para-hydroxylation sites is 1. The molecule has 0 amide bonds. The molecule has 3 rings (SSSR count). The van der Waals surface area contributed by atoms with Gasteiger partial charge in [-0.15, -0.1) is 0 Å². The van der Waals surface area contributed by atoms with Crippen LogP contribution in [-0.2, 0) is 10.2 Å². The van der Waals surface area contributed by atoms with Gasteiger partial charge in [0.05, 0.1) is 14.2 Å². The molecule has 2 heteroatoms. The second kappa shape index (κ2) is 7.08. The van der Waals surface area contributed by atoms with Crippen molar-refractivity contribution in [3.05, 3.63) is 65.5 Å². The van der Waals surface area contributed by atoms with Crippen molar-refractivity contribution in [3.8, 4) is 5.75 Å². The van der Waals surface area contributed by atoms with Gasteiger partial charge in [0.1, 0.15) is 11.5 Å². The molecule has 0 saturated heterocycles. The Labute approximate surface area is 139 Å². The first-order valence-corrected chi connectivity index (χ1v) is 8.56. The third-order valence-electron chi connectivity index (χ3n) is 5.20. The first-order chi connectivity index (χ1) is 11.3. The van der Waals surface area contributed by atoms with Crippen molar-refractivity contribution in [2.24, 2.45) is 0 Å². The van der Waals surface area contributed by atoms with Crippen LogP contribution in [0.3, 0.4) is 0 Å². The van der Waals surface area contributed by atoms with E-state index in [2.05, 4.69) is 48.6 Å². The second-order valence-corrected chi connectivity index (χ2v) is 6.38. The lowest BCUT2D eigenvalue weighted by atomic mass is 9.64. The van der Waals surface area contributed by atoms with E-state index < -0.39 is 0 Å². The van der Waals surface area contributed by atoms with E-state index in [1.807, 2.05) is 0 Å². The number of methoxy groups -OCH3 is 2. The Balaban J connectivity index is 2.06. The van der Waals surface area contributed by atoms with Crippen molar-refractivity contribution in [1.29, 1.82) is 0 Å². The molecule has 1 aromatic rings. The molecule has 0 atom stereocenters.